The van der Waals surface area contributed by atoms with E-state index in [0.717, 1.165) is 39.8 Å². The maximum absolute atomic E-state index is 5.48. The molecular formula is C14H19N3OS. The molecule has 0 atom stereocenters. The zero-order valence-corrected chi connectivity index (χ0v) is 12.1. The molecule has 0 saturated carbocycles. The van der Waals surface area contributed by atoms with Crippen molar-refractivity contribution in [3.63, 3.8) is 0 Å². The SMILES string of the molecule is C=C(CNC)CSc1nc2ccc(OCC)cc2[nH]1. The van der Waals surface area contributed by atoms with E-state index in [-0.39, 0.29) is 0 Å². The van der Waals surface area contributed by atoms with E-state index in [2.05, 4.69) is 21.9 Å². The van der Waals surface area contributed by atoms with Crippen LogP contribution >= 0.6 is 11.8 Å². The average molecular weight is 277 g/mol. The zero-order chi connectivity index (χ0) is 13.7. The Morgan fingerprint density at radius 1 is 1.53 bits per heavy atom. The van der Waals surface area contributed by atoms with Crippen molar-refractivity contribution in [1.29, 1.82) is 0 Å². The van der Waals surface area contributed by atoms with Gasteiger partial charge in [0.1, 0.15) is 5.75 Å². The van der Waals surface area contributed by atoms with Crippen LogP contribution in [0.15, 0.2) is 35.5 Å². The van der Waals surface area contributed by atoms with Gasteiger partial charge in [-0.25, -0.2) is 4.98 Å². The van der Waals surface area contributed by atoms with E-state index in [1.165, 1.54) is 0 Å². The predicted molar refractivity (Wildman–Crippen MR) is 81.1 cm³/mol. The van der Waals surface area contributed by atoms with Crippen LogP contribution in [0.5, 0.6) is 5.75 Å². The summed E-state index contributed by atoms with van der Waals surface area (Å²) >= 11 is 1.67. The van der Waals surface area contributed by atoms with E-state index in [9.17, 15) is 0 Å². The molecule has 0 aliphatic heterocycles. The number of aromatic nitrogens is 2. The van der Waals surface area contributed by atoms with Gasteiger partial charge in [-0.2, -0.15) is 0 Å². The number of H-pyrrole nitrogens is 1. The first-order chi connectivity index (χ1) is 9.22. The van der Waals surface area contributed by atoms with Crippen LogP contribution in [0.2, 0.25) is 0 Å². The van der Waals surface area contributed by atoms with Gasteiger partial charge in [-0.1, -0.05) is 23.9 Å². The molecule has 1 aromatic heterocycles. The Balaban J connectivity index is 2.06. The summed E-state index contributed by atoms with van der Waals surface area (Å²) in [6, 6.07) is 5.91. The van der Waals surface area contributed by atoms with E-state index in [4.69, 9.17) is 4.74 Å². The van der Waals surface area contributed by atoms with Crippen molar-refractivity contribution in [2.24, 2.45) is 0 Å². The van der Waals surface area contributed by atoms with E-state index in [0.29, 0.717) is 6.61 Å². The molecule has 0 aliphatic rings. The maximum atomic E-state index is 5.48. The summed E-state index contributed by atoms with van der Waals surface area (Å²) in [6.07, 6.45) is 0. The molecule has 19 heavy (non-hydrogen) atoms. The highest BCUT2D eigenvalue weighted by molar-refractivity contribution is 7.99. The number of hydrogen-bond acceptors (Lipinski definition) is 4. The minimum Gasteiger partial charge on any atom is -0.494 e. The van der Waals surface area contributed by atoms with E-state index >= 15 is 0 Å². The van der Waals surface area contributed by atoms with Crippen molar-refractivity contribution >= 4 is 22.8 Å². The largest absolute Gasteiger partial charge is 0.494 e. The average Bonchev–Trinajstić information content (AvgIpc) is 2.79. The molecule has 102 valence electrons. The highest BCUT2D eigenvalue weighted by Gasteiger charge is 2.05. The maximum Gasteiger partial charge on any atom is 0.166 e. The third-order valence-electron chi connectivity index (χ3n) is 2.58. The standard InChI is InChI=1S/C14H19N3OS/c1-4-18-11-5-6-12-13(7-11)17-14(16-12)19-9-10(2)8-15-3/h5-7,15H,2,4,8-9H2,1,3H3,(H,16,17). The number of aromatic amines is 1. The molecule has 1 aromatic carbocycles. The molecule has 0 spiro atoms. The lowest BCUT2D eigenvalue weighted by atomic mass is 10.3. The Bertz CT molecular complexity index is 565. The van der Waals surface area contributed by atoms with E-state index in [1.54, 1.807) is 11.8 Å². The Hall–Kier alpha value is -1.46. The molecule has 0 unspecified atom stereocenters. The number of nitrogens with one attached hydrogen (secondary N) is 2. The van der Waals surface area contributed by atoms with Crippen molar-refractivity contribution in [1.82, 2.24) is 15.3 Å². The first-order valence-electron chi connectivity index (χ1n) is 6.29. The van der Waals surface area contributed by atoms with Crippen LogP contribution < -0.4 is 10.1 Å². The number of rotatable bonds is 7. The fourth-order valence-electron chi connectivity index (χ4n) is 1.76. The summed E-state index contributed by atoms with van der Waals surface area (Å²) in [6.45, 7) is 7.49. The van der Waals surface area contributed by atoms with Crippen molar-refractivity contribution in [2.75, 3.05) is 26.0 Å². The molecular weight excluding hydrogens is 258 g/mol. The van der Waals surface area contributed by atoms with Crippen LogP contribution in [-0.2, 0) is 0 Å². The number of fused-ring (bicyclic) bond motifs is 1. The van der Waals surface area contributed by atoms with Gasteiger partial charge in [0.2, 0.25) is 0 Å². The van der Waals surface area contributed by atoms with Gasteiger partial charge < -0.3 is 15.0 Å². The third-order valence-corrected chi connectivity index (χ3v) is 3.60. The van der Waals surface area contributed by atoms with Crippen LogP contribution in [0.4, 0.5) is 0 Å². The first kappa shape index (κ1) is 14.0. The molecule has 2 aromatic rings. The van der Waals surface area contributed by atoms with Gasteiger partial charge in [0.05, 0.1) is 17.6 Å². The fourth-order valence-corrected chi connectivity index (χ4v) is 2.55. The molecule has 0 amide bonds. The van der Waals surface area contributed by atoms with Crippen LogP contribution in [0.3, 0.4) is 0 Å². The second-order valence-corrected chi connectivity index (χ2v) is 5.19. The number of nitrogens with zero attached hydrogens (tertiary/aromatic N) is 1. The third kappa shape index (κ3) is 3.75. The number of hydrogen-bond donors (Lipinski definition) is 2. The number of thioether (sulfide) groups is 1. The topological polar surface area (TPSA) is 49.9 Å². The minimum absolute atomic E-state index is 0.672. The molecule has 0 bridgehead atoms. The fraction of sp³-hybridized carbons (Fsp3) is 0.357. The number of benzene rings is 1. The minimum atomic E-state index is 0.672. The number of imidazole rings is 1. The quantitative estimate of drug-likeness (QED) is 0.603. The van der Waals surface area contributed by atoms with Gasteiger partial charge >= 0.3 is 0 Å². The summed E-state index contributed by atoms with van der Waals surface area (Å²) in [5.74, 6) is 1.73. The van der Waals surface area contributed by atoms with Gasteiger partial charge in [0, 0.05) is 18.4 Å². The van der Waals surface area contributed by atoms with Crippen molar-refractivity contribution in [3.05, 3.63) is 30.4 Å². The highest BCUT2D eigenvalue weighted by Crippen LogP contribution is 2.24. The lowest BCUT2D eigenvalue weighted by Gasteiger charge is -2.01. The molecule has 1 heterocycles. The number of ether oxygens (including phenoxy) is 1. The van der Waals surface area contributed by atoms with E-state index in [1.807, 2.05) is 32.2 Å². The van der Waals surface area contributed by atoms with Gasteiger partial charge in [0.15, 0.2) is 5.16 Å². The second kappa shape index (κ2) is 6.63. The Labute approximate surface area is 117 Å². The molecule has 2 N–H and O–H groups in total. The van der Waals surface area contributed by atoms with Crippen molar-refractivity contribution in [3.8, 4) is 5.75 Å². The summed E-state index contributed by atoms with van der Waals surface area (Å²) in [4.78, 5) is 7.84. The van der Waals surface area contributed by atoms with Crippen LogP contribution in [-0.4, -0.2) is 35.9 Å². The van der Waals surface area contributed by atoms with Gasteiger partial charge in [-0.3, -0.25) is 0 Å². The van der Waals surface area contributed by atoms with Crippen LogP contribution in [0, 0.1) is 0 Å². The first-order valence-corrected chi connectivity index (χ1v) is 7.28. The second-order valence-electron chi connectivity index (χ2n) is 4.22. The summed E-state index contributed by atoms with van der Waals surface area (Å²) in [7, 11) is 1.92. The lowest BCUT2D eigenvalue weighted by Crippen LogP contribution is -2.10. The Kier molecular flexibility index (Phi) is 4.87. The Morgan fingerprint density at radius 2 is 2.37 bits per heavy atom. The molecule has 0 radical (unpaired) electrons. The highest BCUT2D eigenvalue weighted by atomic mass is 32.2. The molecule has 0 aliphatic carbocycles. The molecule has 0 saturated heterocycles. The molecule has 4 nitrogen and oxygen atoms in total. The lowest BCUT2D eigenvalue weighted by molar-refractivity contribution is 0.340. The summed E-state index contributed by atoms with van der Waals surface area (Å²) < 4.78 is 5.48. The van der Waals surface area contributed by atoms with Crippen molar-refractivity contribution in [2.45, 2.75) is 12.1 Å². The number of likely N-dealkylation sites (N-methyl/N-ethyl adjacent to an activating group) is 1. The Morgan fingerprint density at radius 3 is 3.11 bits per heavy atom. The van der Waals surface area contributed by atoms with Gasteiger partial charge in [-0.15, -0.1) is 0 Å². The summed E-state index contributed by atoms with van der Waals surface area (Å²) in [5, 5.41) is 4.01. The monoisotopic (exact) mass is 277 g/mol. The van der Waals surface area contributed by atoms with E-state index < -0.39 is 0 Å². The zero-order valence-electron chi connectivity index (χ0n) is 11.3. The molecule has 0 fully saturated rings. The summed E-state index contributed by atoms with van der Waals surface area (Å²) in [5.41, 5.74) is 3.13. The predicted octanol–water partition coefficient (Wildman–Crippen LogP) is 2.83. The van der Waals surface area contributed by atoms with Crippen molar-refractivity contribution < 1.29 is 4.74 Å². The molecule has 2 rings (SSSR count). The van der Waals surface area contributed by atoms with Gasteiger partial charge in [0.25, 0.3) is 0 Å². The van der Waals surface area contributed by atoms with Crippen LogP contribution in [0.25, 0.3) is 11.0 Å². The normalized spacial score (nSPS) is 10.8. The van der Waals surface area contributed by atoms with Crippen LogP contribution in [0.1, 0.15) is 6.92 Å². The smallest absolute Gasteiger partial charge is 0.166 e. The molecule has 5 heteroatoms. The van der Waals surface area contributed by atoms with Gasteiger partial charge in [-0.05, 0) is 26.1 Å².